The summed E-state index contributed by atoms with van der Waals surface area (Å²) in [7, 11) is 2.20. The zero-order valence-corrected chi connectivity index (χ0v) is 20.1. The molecule has 0 aliphatic carbocycles. The van der Waals surface area contributed by atoms with Crippen LogP contribution in [0, 0.1) is 12.3 Å². The molecular formula is C26H31F3N6. The third-order valence-electron chi connectivity index (χ3n) is 7.61. The number of hydrogen-bond donors (Lipinski definition) is 2. The van der Waals surface area contributed by atoms with E-state index in [-0.39, 0.29) is 5.56 Å². The Kier molecular flexibility index (Phi) is 6.09. The number of hydrogen-bond acceptors (Lipinski definition) is 6. The Morgan fingerprint density at radius 3 is 2.71 bits per heavy atom. The van der Waals surface area contributed by atoms with Crippen LogP contribution in [0.4, 0.5) is 24.7 Å². The number of aromatic nitrogens is 2. The second-order valence-electron chi connectivity index (χ2n) is 10.1. The summed E-state index contributed by atoms with van der Waals surface area (Å²) in [6.45, 7) is 5.76. The molecule has 0 bridgehead atoms. The Labute approximate surface area is 203 Å². The maximum atomic E-state index is 13.4. The van der Waals surface area contributed by atoms with E-state index in [0.717, 1.165) is 48.7 Å². The fourth-order valence-corrected chi connectivity index (χ4v) is 5.83. The molecule has 186 valence electrons. The molecule has 2 atom stereocenters. The van der Waals surface area contributed by atoms with Crippen molar-refractivity contribution < 1.29 is 13.2 Å². The van der Waals surface area contributed by atoms with Gasteiger partial charge in [0.2, 0.25) is 0 Å². The summed E-state index contributed by atoms with van der Waals surface area (Å²) >= 11 is 0. The number of anilines is 2. The zero-order valence-electron chi connectivity index (χ0n) is 20.1. The molecule has 0 amide bonds. The minimum Gasteiger partial charge on any atom is -0.371 e. The number of nitrogens with two attached hydrogens (primary N) is 1. The zero-order chi connectivity index (χ0) is 24.8. The van der Waals surface area contributed by atoms with Gasteiger partial charge in [0.1, 0.15) is 6.17 Å². The molecule has 1 spiro atoms. The minimum atomic E-state index is -4.44. The van der Waals surface area contributed by atoms with E-state index in [1.165, 1.54) is 32.3 Å². The molecule has 35 heavy (non-hydrogen) atoms. The first-order chi connectivity index (χ1) is 16.7. The van der Waals surface area contributed by atoms with Crippen LogP contribution in [0.25, 0.3) is 10.8 Å². The van der Waals surface area contributed by atoms with Crippen molar-refractivity contribution in [1.29, 1.82) is 0 Å². The summed E-state index contributed by atoms with van der Waals surface area (Å²) in [5.74, 6) is 0.458. The molecular weight excluding hydrogens is 453 g/mol. The van der Waals surface area contributed by atoms with Crippen LogP contribution in [-0.2, 0) is 6.18 Å². The molecule has 6 nitrogen and oxygen atoms in total. The maximum Gasteiger partial charge on any atom is 0.416 e. The molecule has 3 heterocycles. The van der Waals surface area contributed by atoms with E-state index in [1.54, 1.807) is 12.3 Å². The summed E-state index contributed by atoms with van der Waals surface area (Å²) in [4.78, 5) is 4.86. The molecule has 2 saturated heterocycles. The third kappa shape index (κ3) is 4.67. The number of piperidine rings is 1. The Hall–Kier alpha value is -2.91. The summed E-state index contributed by atoms with van der Waals surface area (Å²) in [6.07, 6.45) is 0.0491. The van der Waals surface area contributed by atoms with Crippen LogP contribution in [-0.4, -0.2) is 48.3 Å². The van der Waals surface area contributed by atoms with Crippen LogP contribution in [0.5, 0.6) is 0 Å². The molecule has 3 N–H and O–H groups in total. The Morgan fingerprint density at radius 1 is 1.11 bits per heavy atom. The number of alkyl halides is 3. The van der Waals surface area contributed by atoms with Crippen LogP contribution < -0.4 is 16.0 Å². The van der Waals surface area contributed by atoms with Crippen LogP contribution in [0.1, 0.15) is 42.1 Å². The number of benzene rings is 2. The fourth-order valence-electron chi connectivity index (χ4n) is 5.83. The highest BCUT2D eigenvalue weighted by molar-refractivity contribution is 5.93. The molecule has 2 aliphatic heterocycles. The predicted octanol–water partition coefficient (Wildman–Crippen LogP) is 4.95. The van der Waals surface area contributed by atoms with E-state index in [1.807, 2.05) is 6.07 Å². The SMILES string of the molecule is Cc1c([C@@H](N)Nc2nncc3ccc(N4CCC5(CCCN(C)C5)C4)cc23)cccc1C(F)(F)F. The molecule has 0 radical (unpaired) electrons. The predicted molar refractivity (Wildman–Crippen MR) is 132 cm³/mol. The van der Waals surface area contributed by atoms with Crippen molar-refractivity contribution in [2.45, 2.75) is 38.5 Å². The van der Waals surface area contributed by atoms with Crippen LogP contribution in [0.15, 0.2) is 42.6 Å². The van der Waals surface area contributed by atoms with Gasteiger partial charge in [-0.15, -0.1) is 5.10 Å². The van der Waals surface area contributed by atoms with Crippen molar-refractivity contribution in [1.82, 2.24) is 15.1 Å². The van der Waals surface area contributed by atoms with E-state index in [9.17, 15) is 13.2 Å². The lowest BCUT2D eigenvalue weighted by Crippen LogP contribution is -2.42. The average Bonchev–Trinajstić information content (AvgIpc) is 3.21. The number of likely N-dealkylation sites (tertiary alicyclic amines) is 1. The number of nitrogens with zero attached hydrogens (tertiary/aromatic N) is 4. The van der Waals surface area contributed by atoms with E-state index >= 15 is 0 Å². The first-order valence-corrected chi connectivity index (χ1v) is 12.0. The van der Waals surface area contributed by atoms with E-state index in [4.69, 9.17) is 5.73 Å². The van der Waals surface area contributed by atoms with Gasteiger partial charge >= 0.3 is 6.18 Å². The van der Waals surface area contributed by atoms with Gasteiger partial charge in [0, 0.05) is 41.5 Å². The lowest BCUT2D eigenvalue weighted by molar-refractivity contribution is -0.138. The minimum absolute atomic E-state index is 0.105. The molecule has 2 fully saturated rings. The van der Waals surface area contributed by atoms with Gasteiger partial charge in [0.05, 0.1) is 11.8 Å². The van der Waals surface area contributed by atoms with Gasteiger partial charge in [-0.2, -0.15) is 18.3 Å². The lowest BCUT2D eigenvalue weighted by Gasteiger charge is -2.38. The van der Waals surface area contributed by atoms with Crippen molar-refractivity contribution in [3.63, 3.8) is 0 Å². The summed E-state index contributed by atoms with van der Waals surface area (Å²) < 4.78 is 40.1. The normalized spacial score (nSPS) is 22.2. The molecule has 2 aromatic carbocycles. The van der Waals surface area contributed by atoms with Crippen molar-refractivity contribution in [3.05, 3.63) is 59.3 Å². The van der Waals surface area contributed by atoms with Gasteiger partial charge in [-0.05, 0) is 69.1 Å². The highest BCUT2D eigenvalue weighted by Gasteiger charge is 2.40. The van der Waals surface area contributed by atoms with Crippen LogP contribution >= 0.6 is 0 Å². The van der Waals surface area contributed by atoms with E-state index in [2.05, 4.69) is 44.5 Å². The van der Waals surface area contributed by atoms with Crippen LogP contribution in [0.3, 0.4) is 0 Å². The number of fused-ring (bicyclic) bond motifs is 1. The number of nitrogens with one attached hydrogen (secondary N) is 1. The van der Waals surface area contributed by atoms with Crippen molar-refractivity contribution in [3.8, 4) is 0 Å². The second kappa shape index (κ2) is 8.95. The van der Waals surface area contributed by atoms with Crippen molar-refractivity contribution in [2.75, 3.05) is 43.4 Å². The Balaban J connectivity index is 1.42. The fraction of sp³-hybridized carbons (Fsp3) is 0.462. The molecule has 0 saturated carbocycles. The molecule has 9 heteroatoms. The smallest absolute Gasteiger partial charge is 0.371 e. The summed E-state index contributed by atoms with van der Waals surface area (Å²) in [6, 6.07) is 10.3. The number of halogens is 3. The monoisotopic (exact) mass is 484 g/mol. The first kappa shape index (κ1) is 23.8. The van der Waals surface area contributed by atoms with Gasteiger partial charge in [0.15, 0.2) is 5.82 Å². The van der Waals surface area contributed by atoms with Gasteiger partial charge in [-0.3, -0.25) is 0 Å². The topological polar surface area (TPSA) is 70.3 Å². The molecule has 3 aromatic rings. The molecule has 1 unspecified atom stereocenters. The first-order valence-electron chi connectivity index (χ1n) is 12.0. The van der Waals surface area contributed by atoms with Crippen molar-refractivity contribution in [2.24, 2.45) is 11.1 Å². The van der Waals surface area contributed by atoms with Gasteiger partial charge in [-0.25, -0.2) is 0 Å². The largest absolute Gasteiger partial charge is 0.416 e. The summed E-state index contributed by atoms with van der Waals surface area (Å²) in [5, 5.41) is 13.2. The molecule has 1 aromatic heterocycles. The van der Waals surface area contributed by atoms with Gasteiger partial charge in [0.25, 0.3) is 0 Å². The third-order valence-corrected chi connectivity index (χ3v) is 7.61. The highest BCUT2D eigenvalue weighted by atomic mass is 19.4. The maximum absolute atomic E-state index is 13.4. The number of rotatable bonds is 4. The highest BCUT2D eigenvalue weighted by Crippen LogP contribution is 2.41. The van der Waals surface area contributed by atoms with E-state index < -0.39 is 17.9 Å². The molecule has 2 aliphatic rings. The standard InChI is InChI=1S/C26H31F3N6/c1-17-20(5-3-6-22(17)26(27,28)29)23(30)32-24-21-13-19(8-7-18(21)14-31-33-24)35-12-10-25(16-35)9-4-11-34(2)15-25/h3,5-8,13-14,23H,4,9-12,15-16,30H2,1-2H3,(H,32,33)/t23-,25?/m0/s1. The van der Waals surface area contributed by atoms with Gasteiger partial charge in [-0.1, -0.05) is 18.2 Å². The Bertz CT molecular complexity index is 1230. The second-order valence-corrected chi connectivity index (χ2v) is 10.1. The van der Waals surface area contributed by atoms with Crippen molar-refractivity contribution >= 4 is 22.3 Å². The van der Waals surface area contributed by atoms with Gasteiger partial charge < -0.3 is 20.9 Å². The lowest BCUT2D eigenvalue weighted by atomic mass is 9.79. The van der Waals surface area contributed by atoms with E-state index in [0.29, 0.717) is 16.8 Å². The quantitative estimate of drug-likeness (QED) is 0.511. The molecule has 5 rings (SSSR count). The Morgan fingerprint density at radius 2 is 1.94 bits per heavy atom. The summed E-state index contributed by atoms with van der Waals surface area (Å²) in [5.41, 5.74) is 7.58. The average molecular weight is 485 g/mol. The van der Waals surface area contributed by atoms with Crippen LogP contribution in [0.2, 0.25) is 0 Å².